The van der Waals surface area contributed by atoms with Gasteiger partial charge in [0.25, 0.3) is 0 Å². The van der Waals surface area contributed by atoms with Crippen molar-refractivity contribution in [1.29, 1.82) is 0 Å². The van der Waals surface area contributed by atoms with Crippen molar-refractivity contribution in [2.75, 3.05) is 0 Å². The number of hydrogen-bond donors (Lipinski definition) is 0. The molecular formula is C17H16O. The highest BCUT2D eigenvalue weighted by atomic mass is 16.1. The van der Waals surface area contributed by atoms with Crippen LogP contribution in [0.25, 0.3) is 11.1 Å². The molecule has 0 fully saturated rings. The lowest BCUT2D eigenvalue weighted by Gasteiger charge is -2.11. The zero-order valence-corrected chi connectivity index (χ0v) is 10.8. The van der Waals surface area contributed by atoms with Crippen molar-refractivity contribution in [2.24, 2.45) is 0 Å². The minimum absolute atomic E-state index is 0.289. The molecule has 18 heavy (non-hydrogen) atoms. The quantitative estimate of drug-likeness (QED) is 0.728. The zero-order chi connectivity index (χ0) is 12.7. The largest absolute Gasteiger partial charge is 0.294 e. The van der Waals surface area contributed by atoms with E-state index in [1.54, 1.807) is 0 Å². The number of benzene rings is 2. The molecule has 0 amide bonds. The number of carbonyl (C=O) groups excluding carboxylic acids is 1. The summed E-state index contributed by atoms with van der Waals surface area (Å²) < 4.78 is 0. The highest BCUT2D eigenvalue weighted by Gasteiger charge is 2.22. The number of hydrogen-bond acceptors (Lipinski definition) is 1. The predicted octanol–water partition coefficient (Wildman–Crippen LogP) is 4.10. The third kappa shape index (κ3) is 1.67. The first-order chi connectivity index (χ1) is 8.66. The second-order valence-corrected chi connectivity index (χ2v) is 5.07. The molecule has 1 nitrogen and oxygen atoms in total. The second-order valence-electron chi connectivity index (χ2n) is 5.07. The maximum atomic E-state index is 11.8. The van der Waals surface area contributed by atoms with Crippen LogP contribution in [0.3, 0.4) is 0 Å². The lowest BCUT2D eigenvalue weighted by atomic mass is 9.93. The number of fused-ring (bicyclic) bond motifs is 1. The van der Waals surface area contributed by atoms with E-state index in [2.05, 4.69) is 38.1 Å². The standard InChI is InChI=1S/C17H16O/c1-11-6-7-13(12(2)10-11)14-4-3-5-16-15(14)8-9-17(16)18/h3-7,10H,8-9H2,1-2H3. The van der Waals surface area contributed by atoms with Gasteiger partial charge in [-0.3, -0.25) is 4.79 Å². The molecular weight excluding hydrogens is 220 g/mol. The average molecular weight is 236 g/mol. The van der Waals surface area contributed by atoms with Gasteiger partial charge in [-0.2, -0.15) is 0 Å². The summed E-state index contributed by atoms with van der Waals surface area (Å²) in [5.41, 5.74) is 7.20. The molecule has 0 aromatic heterocycles. The Balaban J connectivity index is 2.22. The molecule has 0 saturated carbocycles. The molecule has 0 heterocycles. The van der Waals surface area contributed by atoms with Crippen LogP contribution >= 0.6 is 0 Å². The topological polar surface area (TPSA) is 17.1 Å². The minimum Gasteiger partial charge on any atom is -0.294 e. The molecule has 1 aliphatic carbocycles. The molecule has 1 heteroatoms. The van der Waals surface area contributed by atoms with E-state index in [-0.39, 0.29) is 5.78 Å². The molecule has 0 spiro atoms. The third-order valence-electron chi connectivity index (χ3n) is 3.75. The SMILES string of the molecule is Cc1ccc(-c2cccc3c2CCC3=O)c(C)c1. The van der Waals surface area contributed by atoms with Gasteiger partial charge in [0, 0.05) is 12.0 Å². The Morgan fingerprint density at radius 1 is 0.889 bits per heavy atom. The summed E-state index contributed by atoms with van der Waals surface area (Å²) in [5, 5.41) is 0. The fourth-order valence-electron chi connectivity index (χ4n) is 2.86. The van der Waals surface area contributed by atoms with Crippen LogP contribution in [0.2, 0.25) is 0 Å². The number of ketones is 1. The van der Waals surface area contributed by atoms with Crippen molar-refractivity contribution in [3.05, 3.63) is 58.7 Å². The number of carbonyl (C=O) groups is 1. The van der Waals surface area contributed by atoms with Crippen LogP contribution in [-0.4, -0.2) is 5.78 Å². The molecule has 0 aliphatic heterocycles. The highest BCUT2D eigenvalue weighted by molar-refractivity contribution is 6.02. The minimum atomic E-state index is 0.289. The molecule has 0 radical (unpaired) electrons. The summed E-state index contributed by atoms with van der Waals surface area (Å²) >= 11 is 0. The third-order valence-corrected chi connectivity index (χ3v) is 3.75. The van der Waals surface area contributed by atoms with Crippen molar-refractivity contribution in [2.45, 2.75) is 26.7 Å². The van der Waals surface area contributed by atoms with Crippen molar-refractivity contribution in [1.82, 2.24) is 0 Å². The van der Waals surface area contributed by atoms with E-state index < -0.39 is 0 Å². The van der Waals surface area contributed by atoms with Gasteiger partial charge in [-0.1, -0.05) is 42.0 Å². The highest BCUT2D eigenvalue weighted by Crippen LogP contribution is 2.34. The smallest absolute Gasteiger partial charge is 0.163 e. The summed E-state index contributed by atoms with van der Waals surface area (Å²) in [6.07, 6.45) is 1.55. The molecule has 2 aromatic rings. The van der Waals surface area contributed by atoms with Gasteiger partial charge in [0.05, 0.1) is 0 Å². The van der Waals surface area contributed by atoms with Gasteiger partial charge in [0.1, 0.15) is 0 Å². The molecule has 1 aliphatic rings. The van der Waals surface area contributed by atoms with Crippen LogP contribution in [0.5, 0.6) is 0 Å². The Morgan fingerprint density at radius 2 is 1.67 bits per heavy atom. The normalized spacial score (nSPS) is 13.8. The van der Waals surface area contributed by atoms with E-state index in [0.29, 0.717) is 6.42 Å². The van der Waals surface area contributed by atoms with Gasteiger partial charge < -0.3 is 0 Å². The molecule has 0 N–H and O–H groups in total. The summed E-state index contributed by atoms with van der Waals surface area (Å²) in [6.45, 7) is 4.24. The van der Waals surface area contributed by atoms with Gasteiger partial charge in [0.15, 0.2) is 5.78 Å². The maximum absolute atomic E-state index is 11.8. The number of rotatable bonds is 1. The zero-order valence-electron chi connectivity index (χ0n) is 10.8. The van der Waals surface area contributed by atoms with E-state index >= 15 is 0 Å². The van der Waals surface area contributed by atoms with Gasteiger partial charge in [-0.25, -0.2) is 0 Å². The van der Waals surface area contributed by atoms with Crippen molar-refractivity contribution >= 4 is 5.78 Å². The van der Waals surface area contributed by atoms with E-state index in [4.69, 9.17) is 0 Å². The first-order valence-electron chi connectivity index (χ1n) is 6.39. The van der Waals surface area contributed by atoms with Crippen LogP contribution in [-0.2, 0) is 6.42 Å². The second kappa shape index (κ2) is 4.09. The fraction of sp³-hybridized carbons (Fsp3) is 0.235. The van der Waals surface area contributed by atoms with Gasteiger partial charge in [-0.15, -0.1) is 0 Å². The van der Waals surface area contributed by atoms with E-state index in [0.717, 1.165) is 12.0 Å². The molecule has 90 valence electrons. The molecule has 3 rings (SSSR count). The first kappa shape index (κ1) is 11.2. The molecule has 2 aromatic carbocycles. The van der Waals surface area contributed by atoms with Crippen molar-refractivity contribution in [3.8, 4) is 11.1 Å². The summed E-state index contributed by atoms with van der Waals surface area (Å²) in [7, 11) is 0. The van der Waals surface area contributed by atoms with Gasteiger partial charge in [-0.05, 0) is 42.5 Å². The number of Topliss-reactive ketones (excluding diaryl/α,β-unsaturated/α-hetero) is 1. The Bertz CT molecular complexity index is 638. The monoisotopic (exact) mass is 236 g/mol. The molecule has 0 saturated heterocycles. The van der Waals surface area contributed by atoms with Crippen LogP contribution in [0.1, 0.15) is 33.5 Å². The van der Waals surface area contributed by atoms with Crippen molar-refractivity contribution < 1.29 is 4.79 Å². The Morgan fingerprint density at radius 3 is 2.44 bits per heavy atom. The Labute approximate surface area is 107 Å². The summed E-state index contributed by atoms with van der Waals surface area (Å²) in [6, 6.07) is 12.6. The van der Waals surface area contributed by atoms with E-state index in [1.807, 2.05) is 12.1 Å². The lowest BCUT2D eigenvalue weighted by molar-refractivity contribution is 0.0994. The van der Waals surface area contributed by atoms with Crippen LogP contribution in [0, 0.1) is 13.8 Å². The predicted molar refractivity (Wildman–Crippen MR) is 74.0 cm³/mol. The Kier molecular flexibility index (Phi) is 2.55. The van der Waals surface area contributed by atoms with Crippen molar-refractivity contribution in [3.63, 3.8) is 0 Å². The van der Waals surface area contributed by atoms with Crippen LogP contribution in [0.15, 0.2) is 36.4 Å². The van der Waals surface area contributed by atoms with E-state index in [9.17, 15) is 4.79 Å². The fourth-order valence-corrected chi connectivity index (χ4v) is 2.86. The Hall–Kier alpha value is -1.89. The molecule has 0 unspecified atom stereocenters. The lowest BCUT2D eigenvalue weighted by Crippen LogP contribution is -1.93. The number of aryl methyl sites for hydroxylation is 2. The average Bonchev–Trinajstić information content (AvgIpc) is 2.72. The van der Waals surface area contributed by atoms with Crippen LogP contribution < -0.4 is 0 Å². The molecule has 0 bridgehead atoms. The maximum Gasteiger partial charge on any atom is 0.163 e. The van der Waals surface area contributed by atoms with Crippen LogP contribution in [0.4, 0.5) is 0 Å². The summed E-state index contributed by atoms with van der Waals surface area (Å²) in [4.78, 5) is 11.8. The van der Waals surface area contributed by atoms with Gasteiger partial charge >= 0.3 is 0 Å². The van der Waals surface area contributed by atoms with Gasteiger partial charge in [0.2, 0.25) is 0 Å². The van der Waals surface area contributed by atoms with E-state index in [1.165, 1.54) is 27.8 Å². The molecule has 0 atom stereocenters. The summed E-state index contributed by atoms with van der Waals surface area (Å²) in [5.74, 6) is 0.289. The first-order valence-corrected chi connectivity index (χ1v) is 6.39.